The van der Waals surface area contributed by atoms with Crippen LogP contribution in [0.25, 0.3) is 0 Å². The maximum Gasteiger partial charge on any atom is 0.311 e. The summed E-state index contributed by atoms with van der Waals surface area (Å²) in [4.78, 5) is 35.5. The van der Waals surface area contributed by atoms with Crippen LogP contribution in [0, 0.1) is 11.3 Å². The fourth-order valence-electron chi connectivity index (χ4n) is 3.50. The molecular weight excluding hydrogens is 300 g/mol. The number of carboxylic acid groups (broad SMARTS) is 1. The van der Waals surface area contributed by atoms with E-state index in [9.17, 15) is 19.5 Å². The zero-order valence-corrected chi connectivity index (χ0v) is 13.6. The summed E-state index contributed by atoms with van der Waals surface area (Å²) in [6, 6.07) is -0.569. The van der Waals surface area contributed by atoms with Crippen molar-refractivity contribution in [2.24, 2.45) is 11.3 Å². The lowest BCUT2D eigenvalue weighted by molar-refractivity contribution is -0.155. The number of carboxylic acids is 1. The van der Waals surface area contributed by atoms with Gasteiger partial charge in [0.15, 0.2) is 0 Å². The molecule has 130 valence electrons. The van der Waals surface area contributed by atoms with Crippen LogP contribution in [-0.2, 0) is 19.1 Å². The lowest BCUT2D eigenvalue weighted by Crippen LogP contribution is -2.53. The largest absolute Gasteiger partial charge is 0.481 e. The molecule has 1 aliphatic heterocycles. The maximum atomic E-state index is 12.5. The number of nitrogens with one attached hydrogen (secondary N) is 2. The van der Waals surface area contributed by atoms with Crippen molar-refractivity contribution in [3.63, 3.8) is 0 Å². The Morgan fingerprint density at radius 2 is 1.83 bits per heavy atom. The van der Waals surface area contributed by atoms with Crippen molar-refractivity contribution in [2.75, 3.05) is 19.8 Å². The summed E-state index contributed by atoms with van der Waals surface area (Å²) < 4.78 is 5.23. The first kappa shape index (κ1) is 17.7. The number of hydrogen-bond acceptors (Lipinski definition) is 4. The van der Waals surface area contributed by atoms with Crippen LogP contribution in [0.15, 0.2) is 0 Å². The molecule has 0 radical (unpaired) electrons. The third-order valence-corrected chi connectivity index (χ3v) is 5.02. The molecule has 1 unspecified atom stereocenters. The minimum Gasteiger partial charge on any atom is -0.481 e. The molecule has 0 aromatic heterocycles. The summed E-state index contributed by atoms with van der Waals surface area (Å²) in [6.45, 7) is 2.25. The van der Waals surface area contributed by atoms with Gasteiger partial charge in [0.2, 0.25) is 11.8 Å². The van der Waals surface area contributed by atoms with Crippen molar-refractivity contribution in [1.82, 2.24) is 10.6 Å². The summed E-state index contributed by atoms with van der Waals surface area (Å²) in [6.07, 6.45) is 4.72. The molecule has 2 amide bonds. The lowest BCUT2D eigenvalue weighted by Gasteiger charge is -2.34. The van der Waals surface area contributed by atoms with Crippen LogP contribution in [0.1, 0.15) is 45.4 Å². The molecule has 2 fully saturated rings. The minimum atomic E-state index is -0.968. The van der Waals surface area contributed by atoms with Crippen molar-refractivity contribution in [3.8, 4) is 0 Å². The Labute approximate surface area is 136 Å². The lowest BCUT2D eigenvalue weighted by atomic mass is 9.80. The van der Waals surface area contributed by atoms with Gasteiger partial charge >= 0.3 is 5.97 Å². The summed E-state index contributed by atoms with van der Waals surface area (Å²) in [5.41, 5.74) is -0.968. The molecule has 3 N–H and O–H groups in total. The average Bonchev–Trinajstić information content (AvgIpc) is 3.05. The summed E-state index contributed by atoms with van der Waals surface area (Å²) in [5.74, 6) is -1.29. The fourth-order valence-corrected chi connectivity index (χ4v) is 3.50. The van der Waals surface area contributed by atoms with Gasteiger partial charge in [-0.3, -0.25) is 14.4 Å². The third-order valence-electron chi connectivity index (χ3n) is 5.02. The first-order valence-electron chi connectivity index (χ1n) is 8.30. The number of ether oxygens (including phenoxy) is 1. The average molecular weight is 326 g/mol. The van der Waals surface area contributed by atoms with Crippen molar-refractivity contribution >= 4 is 17.8 Å². The van der Waals surface area contributed by atoms with Gasteiger partial charge in [0.25, 0.3) is 0 Å². The van der Waals surface area contributed by atoms with E-state index in [0.29, 0.717) is 26.1 Å². The van der Waals surface area contributed by atoms with Gasteiger partial charge in [0.05, 0.1) is 5.41 Å². The van der Waals surface area contributed by atoms with Crippen LogP contribution in [0.2, 0.25) is 0 Å². The van der Waals surface area contributed by atoms with Gasteiger partial charge in [0.1, 0.15) is 6.04 Å². The summed E-state index contributed by atoms with van der Waals surface area (Å²) >= 11 is 0. The van der Waals surface area contributed by atoms with E-state index in [1.165, 1.54) is 6.92 Å². The van der Waals surface area contributed by atoms with Gasteiger partial charge in [-0.05, 0) is 31.6 Å². The van der Waals surface area contributed by atoms with E-state index in [1.807, 2.05) is 0 Å². The molecule has 1 heterocycles. The van der Waals surface area contributed by atoms with Gasteiger partial charge < -0.3 is 20.5 Å². The predicted molar refractivity (Wildman–Crippen MR) is 82.7 cm³/mol. The van der Waals surface area contributed by atoms with Crippen LogP contribution in [0.4, 0.5) is 0 Å². The Hall–Kier alpha value is -1.63. The number of aliphatic carboxylic acids is 1. The van der Waals surface area contributed by atoms with Crippen LogP contribution in [0.3, 0.4) is 0 Å². The first-order chi connectivity index (χ1) is 10.9. The Morgan fingerprint density at radius 3 is 2.35 bits per heavy atom. The predicted octanol–water partition coefficient (Wildman–Crippen LogP) is 0.679. The first-order valence-corrected chi connectivity index (χ1v) is 8.30. The van der Waals surface area contributed by atoms with Gasteiger partial charge in [-0.2, -0.15) is 0 Å². The van der Waals surface area contributed by atoms with Crippen molar-refractivity contribution < 1.29 is 24.2 Å². The van der Waals surface area contributed by atoms with E-state index < -0.39 is 17.4 Å². The highest BCUT2D eigenvalue weighted by Gasteiger charge is 2.41. The second-order valence-electron chi connectivity index (χ2n) is 6.64. The zero-order valence-electron chi connectivity index (χ0n) is 13.6. The standard InChI is InChI=1S/C16H26N2O5/c1-11(19)18-13(12-4-2-3-5-12)14(20)17-10-16(15(21)22)6-8-23-9-7-16/h12-13H,2-10H2,1H3,(H,17,20)(H,18,19)(H,21,22). The van der Waals surface area contributed by atoms with E-state index in [2.05, 4.69) is 10.6 Å². The molecule has 7 nitrogen and oxygen atoms in total. The smallest absolute Gasteiger partial charge is 0.311 e. The molecule has 1 aliphatic carbocycles. The Bertz CT molecular complexity index is 453. The molecule has 1 saturated heterocycles. The van der Waals surface area contributed by atoms with Gasteiger partial charge in [0, 0.05) is 26.7 Å². The topological polar surface area (TPSA) is 105 Å². The van der Waals surface area contributed by atoms with Crippen molar-refractivity contribution in [2.45, 2.75) is 51.5 Å². The summed E-state index contributed by atoms with van der Waals surface area (Å²) in [7, 11) is 0. The van der Waals surface area contributed by atoms with Crippen LogP contribution < -0.4 is 10.6 Å². The van der Waals surface area contributed by atoms with E-state index in [-0.39, 0.29) is 24.3 Å². The molecule has 1 saturated carbocycles. The summed E-state index contributed by atoms with van der Waals surface area (Å²) in [5, 5.41) is 15.0. The van der Waals surface area contributed by atoms with Gasteiger partial charge in [-0.25, -0.2) is 0 Å². The highest BCUT2D eigenvalue weighted by molar-refractivity contribution is 5.87. The van der Waals surface area contributed by atoms with Crippen LogP contribution in [0.5, 0.6) is 0 Å². The SMILES string of the molecule is CC(=O)NC(C(=O)NCC1(C(=O)O)CCOCC1)C1CCCC1. The van der Waals surface area contributed by atoms with Crippen LogP contribution in [-0.4, -0.2) is 48.7 Å². The number of rotatable bonds is 6. The number of hydrogen-bond donors (Lipinski definition) is 3. The Balaban J connectivity index is 1.99. The maximum absolute atomic E-state index is 12.5. The fraction of sp³-hybridized carbons (Fsp3) is 0.812. The van der Waals surface area contributed by atoms with E-state index in [4.69, 9.17) is 4.74 Å². The normalized spacial score (nSPS) is 22.3. The van der Waals surface area contributed by atoms with Crippen molar-refractivity contribution in [1.29, 1.82) is 0 Å². The third kappa shape index (κ3) is 4.43. The number of carbonyl (C=O) groups excluding carboxylic acids is 2. The van der Waals surface area contributed by atoms with Crippen LogP contribution >= 0.6 is 0 Å². The Morgan fingerprint density at radius 1 is 1.22 bits per heavy atom. The Kier molecular flexibility index (Phi) is 5.98. The van der Waals surface area contributed by atoms with E-state index >= 15 is 0 Å². The molecule has 0 aromatic carbocycles. The zero-order chi connectivity index (χ0) is 16.9. The van der Waals surface area contributed by atoms with Gasteiger partial charge in [-0.15, -0.1) is 0 Å². The molecule has 7 heteroatoms. The molecular formula is C16H26N2O5. The number of amides is 2. The molecule has 1 atom stereocenters. The second kappa shape index (κ2) is 7.77. The molecule has 0 aromatic rings. The highest BCUT2D eigenvalue weighted by atomic mass is 16.5. The molecule has 2 aliphatic rings. The van der Waals surface area contributed by atoms with Crippen molar-refractivity contribution in [3.05, 3.63) is 0 Å². The van der Waals surface area contributed by atoms with E-state index in [1.54, 1.807) is 0 Å². The molecule has 0 bridgehead atoms. The molecule has 0 spiro atoms. The minimum absolute atomic E-state index is 0.0767. The monoisotopic (exact) mass is 326 g/mol. The second-order valence-corrected chi connectivity index (χ2v) is 6.64. The van der Waals surface area contributed by atoms with Gasteiger partial charge in [-0.1, -0.05) is 12.8 Å². The quantitative estimate of drug-likeness (QED) is 0.666. The van der Waals surface area contributed by atoms with E-state index in [0.717, 1.165) is 25.7 Å². The number of carbonyl (C=O) groups is 3. The molecule has 2 rings (SSSR count). The molecule has 23 heavy (non-hydrogen) atoms. The highest BCUT2D eigenvalue weighted by Crippen LogP contribution is 2.31.